The SMILES string of the molecule is CCOCCNc1ncc(Cl)c2[nH]c3cc(OCc4ccccc4)c(OC)cc3c12. The fraction of sp³-hybridized carbons (Fsp3) is 0.261. The zero-order valence-corrected chi connectivity index (χ0v) is 17.8. The van der Waals surface area contributed by atoms with Gasteiger partial charge in [-0.1, -0.05) is 41.9 Å². The highest BCUT2D eigenvalue weighted by molar-refractivity contribution is 6.36. The number of nitrogens with one attached hydrogen (secondary N) is 2. The first-order valence-electron chi connectivity index (χ1n) is 9.87. The largest absolute Gasteiger partial charge is 0.493 e. The average Bonchev–Trinajstić information content (AvgIpc) is 3.16. The van der Waals surface area contributed by atoms with E-state index < -0.39 is 0 Å². The van der Waals surface area contributed by atoms with Crippen LogP contribution in [0.4, 0.5) is 5.82 Å². The predicted molar refractivity (Wildman–Crippen MR) is 121 cm³/mol. The highest BCUT2D eigenvalue weighted by atomic mass is 35.5. The molecular weight excluding hydrogens is 402 g/mol. The number of aromatic nitrogens is 2. The Morgan fingerprint density at radius 3 is 2.73 bits per heavy atom. The van der Waals surface area contributed by atoms with Crippen molar-refractivity contribution in [2.75, 3.05) is 32.2 Å². The Morgan fingerprint density at radius 2 is 1.97 bits per heavy atom. The summed E-state index contributed by atoms with van der Waals surface area (Å²) in [5.41, 5.74) is 2.81. The molecule has 4 rings (SSSR count). The van der Waals surface area contributed by atoms with Crippen LogP contribution in [0.1, 0.15) is 12.5 Å². The van der Waals surface area contributed by atoms with E-state index in [0.29, 0.717) is 42.9 Å². The first kappa shape index (κ1) is 20.3. The summed E-state index contributed by atoms with van der Waals surface area (Å²) >= 11 is 6.43. The van der Waals surface area contributed by atoms with Crippen molar-refractivity contribution < 1.29 is 14.2 Å². The minimum atomic E-state index is 0.454. The Bertz CT molecular complexity index is 1150. The van der Waals surface area contributed by atoms with Crippen LogP contribution in [-0.2, 0) is 11.3 Å². The number of hydrogen-bond acceptors (Lipinski definition) is 5. The Labute approximate surface area is 180 Å². The third-order valence-corrected chi connectivity index (χ3v) is 5.13. The Morgan fingerprint density at radius 1 is 1.13 bits per heavy atom. The normalized spacial score (nSPS) is 11.2. The van der Waals surface area contributed by atoms with Crippen molar-refractivity contribution in [1.29, 1.82) is 0 Å². The average molecular weight is 426 g/mol. The molecule has 0 fully saturated rings. The van der Waals surface area contributed by atoms with Gasteiger partial charge in [-0.25, -0.2) is 4.98 Å². The van der Waals surface area contributed by atoms with Crippen molar-refractivity contribution in [2.45, 2.75) is 13.5 Å². The summed E-state index contributed by atoms with van der Waals surface area (Å²) in [5, 5.41) is 5.78. The second-order valence-corrected chi connectivity index (χ2v) is 7.18. The lowest BCUT2D eigenvalue weighted by Crippen LogP contribution is -2.10. The molecule has 0 spiro atoms. The molecule has 2 aromatic heterocycles. The molecule has 2 N–H and O–H groups in total. The summed E-state index contributed by atoms with van der Waals surface area (Å²) < 4.78 is 17.1. The Kier molecular flexibility index (Phi) is 6.26. The second kappa shape index (κ2) is 9.24. The van der Waals surface area contributed by atoms with E-state index in [-0.39, 0.29) is 0 Å². The Hall–Kier alpha value is -2.96. The molecule has 0 amide bonds. The maximum atomic E-state index is 6.43. The van der Waals surface area contributed by atoms with Crippen molar-refractivity contribution in [3.8, 4) is 11.5 Å². The summed E-state index contributed by atoms with van der Waals surface area (Å²) in [7, 11) is 1.64. The molecule has 0 bridgehead atoms. The predicted octanol–water partition coefficient (Wildman–Crippen LogP) is 5.41. The van der Waals surface area contributed by atoms with Crippen LogP contribution in [0, 0.1) is 0 Å². The number of aromatic amines is 1. The van der Waals surface area contributed by atoms with Gasteiger partial charge in [0.15, 0.2) is 11.5 Å². The van der Waals surface area contributed by atoms with Gasteiger partial charge in [-0.2, -0.15) is 0 Å². The number of hydrogen-bond donors (Lipinski definition) is 2. The van der Waals surface area contributed by atoms with Crippen LogP contribution in [0.15, 0.2) is 48.7 Å². The molecule has 2 heterocycles. The molecule has 30 heavy (non-hydrogen) atoms. The quantitative estimate of drug-likeness (QED) is 0.351. The van der Waals surface area contributed by atoms with E-state index in [4.69, 9.17) is 25.8 Å². The van der Waals surface area contributed by atoms with Gasteiger partial charge < -0.3 is 24.5 Å². The van der Waals surface area contributed by atoms with Gasteiger partial charge in [0.1, 0.15) is 12.4 Å². The van der Waals surface area contributed by atoms with E-state index >= 15 is 0 Å². The van der Waals surface area contributed by atoms with E-state index in [2.05, 4.69) is 15.3 Å². The minimum absolute atomic E-state index is 0.454. The number of rotatable bonds is 9. The fourth-order valence-electron chi connectivity index (χ4n) is 3.41. The Balaban J connectivity index is 1.71. The van der Waals surface area contributed by atoms with Crippen LogP contribution in [0.2, 0.25) is 5.02 Å². The monoisotopic (exact) mass is 425 g/mol. The van der Waals surface area contributed by atoms with Crippen LogP contribution in [0.25, 0.3) is 21.8 Å². The fourth-order valence-corrected chi connectivity index (χ4v) is 3.60. The summed E-state index contributed by atoms with van der Waals surface area (Å²) in [6.07, 6.45) is 1.65. The number of pyridine rings is 1. The molecule has 0 aliphatic rings. The van der Waals surface area contributed by atoms with Crippen LogP contribution in [-0.4, -0.2) is 36.8 Å². The molecular formula is C23H24ClN3O3. The van der Waals surface area contributed by atoms with Crippen molar-refractivity contribution in [1.82, 2.24) is 9.97 Å². The number of benzene rings is 2. The van der Waals surface area contributed by atoms with E-state index in [1.807, 2.05) is 49.4 Å². The molecule has 0 aliphatic carbocycles. The summed E-state index contributed by atoms with van der Waals surface area (Å²) in [6.45, 7) is 4.36. The number of anilines is 1. The molecule has 0 unspecified atom stereocenters. The minimum Gasteiger partial charge on any atom is -0.493 e. The molecule has 0 radical (unpaired) electrons. The van der Waals surface area contributed by atoms with Crippen molar-refractivity contribution in [3.05, 3.63) is 59.2 Å². The highest BCUT2D eigenvalue weighted by Crippen LogP contribution is 2.40. The van der Waals surface area contributed by atoms with Gasteiger partial charge >= 0.3 is 0 Å². The maximum Gasteiger partial charge on any atom is 0.163 e. The van der Waals surface area contributed by atoms with Crippen molar-refractivity contribution in [3.63, 3.8) is 0 Å². The summed E-state index contributed by atoms with van der Waals surface area (Å²) in [6, 6.07) is 13.9. The lowest BCUT2D eigenvalue weighted by atomic mass is 10.1. The summed E-state index contributed by atoms with van der Waals surface area (Å²) in [4.78, 5) is 7.89. The second-order valence-electron chi connectivity index (χ2n) is 6.78. The van der Waals surface area contributed by atoms with Crippen LogP contribution < -0.4 is 14.8 Å². The summed E-state index contributed by atoms with van der Waals surface area (Å²) in [5.74, 6) is 2.07. The zero-order valence-electron chi connectivity index (χ0n) is 17.0. The molecule has 0 saturated heterocycles. The van der Waals surface area contributed by atoms with Crippen molar-refractivity contribution >= 4 is 39.2 Å². The number of fused-ring (bicyclic) bond motifs is 3. The van der Waals surface area contributed by atoms with Crippen molar-refractivity contribution in [2.24, 2.45) is 0 Å². The third-order valence-electron chi connectivity index (χ3n) is 4.85. The lowest BCUT2D eigenvalue weighted by molar-refractivity contribution is 0.158. The first-order valence-corrected chi connectivity index (χ1v) is 10.2. The first-order chi connectivity index (χ1) is 14.7. The zero-order chi connectivity index (χ0) is 20.9. The van der Waals surface area contributed by atoms with Gasteiger partial charge in [0.25, 0.3) is 0 Å². The molecule has 0 aliphatic heterocycles. The van der Waals surface area contributed by atoms with E-state index in [1.54, 1.807) is 13.3 Å². The topological polar surface area (TPSA) is 68.4 Å². The van der Waals surface area contributed by atoms with Crippen LogP contribution >= 0.6 is 11.6 Å². The molecule has 0 atom stereocenters. The van der Waals surface area contributed by atoms with E-state index in [0.717, 1.165) is 33.2 Å². The smallest absolute Gasteiger partial charge is 0.163 e. The molecule has 156 valence electrons. The van der Waals surface area contributed by atoms with Gasteiger partial charge in [-0.15, -0.1) is 0 Å². The van der Waals surface area contributed by atoms with Gasteiger partial charge in [0, 0.05) is 24.6 Å². The number of ether oxygens (including phenoxy) is 3. The van der Waals surface area contributed by atoms with E-state index in [9.17, 15) is 0 Å². The number of H-pyrrole nitrogens is 1. The standard InChI is InChI=1S/C23H24ClN3O3/c1-3-29-10-9-25-23-21-16-11-19(28-2)20(30-14-15-7-5-4-6-8-15)12-18(16)27-22(21)17(24)13-26-23/h4-8,11-13,27H,3,9-10,14H2,1-2H3,(H,25,26). The number of halogens is 1. The third kappa shape index (κ3) is 4.15. The van der Waals surface area contributed by atoms with Crippen LogP contribution in [0.3, 0.4) is 0 Å². The van der Waals surface area contributed by atoms with E-state index in [1.165, 1.54) is 0 Å². The molecule has 7 heteroatoms. The molecule has 4 aromatic rings. The van der Waals surface area contributed by atoms with Crippen LogP contribution in [0.5, 0.6) is 11.5 Å². The van der Waals surface area contributed by atoms with Gasteiger partial charge in [0.2, 0.25) is 0 Å². The van der Waals surface area contributed by atoms with Gasteiger partial charge in [-0.3, -0.25) is 0 Å². The highest BCUT2D eigenvalue weighted by Gasteiger charge is 2.17. The number of nitrogens with zero attached hydrogens (tertiary/aromatic N) is 1. The molecule has 0 saturated carbocycles. The maximum absolute atomic E-state index is 6.43. The lowest BCUT2D eigenvalue weighted by Gasteiger charge is -2.12. The number of methoxy groups -OCH3 is 1. The molecule has 6 nitrogen and oxygen atoms in total. The van der Waals surface area contributed by atoms with Gasteiger partial charge in [-0.05, 0) is 18.6 Å². The van der Waals surface area contributed by atoms with Gasteiger partial charge in [0.05, 0.1) is 41.4 Å². The molecule has 2 aromatic carbocycles.